The number of carbonyl (C=O) groups excluding carboxylic acids is 1. The van der Waals surface area contributed by atoms with Crippen molar-refractivity contribution in [2.45, 2.75) is 0 Å². The maximum Gasteiger partial charge on any atom is 0.207 e. The van der Waals surface area contributed by atoms with Crippen molar-refractivity contribution in [3.8, 4) is 29.1 Å². The Hall–Kier alpha value is -3.46. The van der Waals surface area contributed by atoms with E-state index in [1.54, 1.807) is 36.4 Å². The van der Waals surface area contributed by atoms with Crippen LogP contribution in [-0.4, -0.2) is 34.2 Å². The van der Waals surface area contributed by atoms with Gasteiger partial charge in [-0.1, -0.05) is 6.07 Å². The summed E-state index contributed by atoms with van der Waals surface area (Å²) >= 11 is 0. The van der Waals surface area contributed by atoms with Gasteiger partial charge in [-0.15, -0.1) is 0 Å². The number of benzene rings is 2. The zero-order valence-corrected chi connectivity index (χ0v) is 15.0. The molecule has 0 aromatic heterocycles. The molecule has 0 aliphatic heterocycles. The molecule has 0 heterocycles. The fourth-order valence-electron chi connectivity index (χ4n) is 2.39. The molecule has 6 nitrogen and oxygen atoms in total. The molecule has 0 N–H and O–H groups in total. The molecule has 0 unspecified atom stereocenters. The van der Waals surface area contributed by atoms with Gasteiger partial charge in [0.05, 0.1) is 34.0 Å². The summed E-state index contributed by atoms with van der Waals surface area (Å²) in [7, 11) is 6.03. The highest BCUT2D eigenvalue weighted by Gasteiger charge is 2.18. The average molecular weight is 353 g/mol. The maximum atomic E-state index is 12.8. The number of Topliss-reactive ketones (excluding diaryl/α,β-unsaturated/α-hetero) is 1. The maximum absolute atomic E-state index is 12.8. The van der Waals surface area contributed by atoms with Crippen LogP contribution >= 0.6 is 0 Å². The van der Waals surface area contributed by atoms with Crippen LogP contribution in [0.25, 0.3) is 6.08 Å². The van der Waals surface area contributed by atoms with Crippen molar-refractivity contribution in [1.82, 2.24) is 0 Å². The molecule has 0 bridgehead atoms. The molecule has 0 saturated carbocycles. The first kappa shape index (κ1) is 18.9. The van der Waals surface area contributed by atoms with Crippen molar-refractivity contribution in [3.05, 3.63) is 53.1 Å². The average Bonchev–Trinajstić information content (AvgIpc) is 2.70. The van der Waals surface area contributed by atoms with Crippen molar-refractivity contribution in [2.24, 2.45) is 0 Å². The highest BCUT2D eigenvalue weighted by atomic mass is 16.5. The van der Waals surface area contributed by atoms with Crippen molar-refractivity contribution >= 4 is 11.9 Å². The summed E-state index contributed by atoms with van der Waals surface area (Å²) in [6.07, 6.45) is 1.49. The third-order valence-electron chi connectivity index (χ3n) is 3.74. The van der Waals surface area contributed by atoms with E-state index in [4.69, 9.17) is 18.9 Å². The Labute approximate surface area is 152 Å². The fraction of sp³-hybridized carbons (Fsp3) is 0.200. The SMILES string of the molecule is COc1ccc(C(=O)/C(C#N)=C/c2ccc(OC)c(OC)c2)c(OC)c1. The molecule has 0 atom stereocenters. The number of ether oxygens (including phenoxy) is 4. The number of nitrogens with zero attached hydrogens (tertiary/aromatic N) is 1. The highest BCUT2D eigenvalue weighted by Crippen LogP contribution is 2.30. The Morgan fingerprint density at radius 1 is 0.885 bits per heavy atom. The molecule has 6 heteroatoms. The Morgan fingerprint density at radius 2 is 1.58 bits per heavy atom. The van der Waals surface area contributed by atoms with Gasteiger partial charge in [0.2, 0.25) is 5.78 Å². The van der Waals surface area contributed by atoms with Crippen LogP contribution in [0.15, 0.2) is 42.0 Å². The van der Waals surface area contributed by atoms with Crippen LogP contribution in [0.1, 0.15) is 15.9 Å². The number of methoxy groups -OCH3 is 4. The molecule has 2 aromatic rings. The normalized spacial score (nSPS) is 10.7. The van der Waals surface area contributed by atoms with Gasteiger partial charge in [-0.2, -0.15) is 5.26 Å². The molecule has 2 aromatic carbocycles. The van der Waals surface area contributed by atoms with Crippen molar-refractivity contribution in [3.63, 3.8) is 0 Å². The molecule has 0 saturated heterocycles. The van der Waals surface area contributed by atoms with Gasteiger partial charge in [0.1, 0.15) is 23.1 Å². The standard InChI is InChI=1S/C20H19NO5/c1-23-15-6-7-16(18(11-15)25-3)20(22)14(12-21)9-13-5-8-17(24-2)19(10-13)26-4/h5-11H,1-4H3/b14-9+. The van der Waals surface area contributed by atoms with Gasteiger partial charge in [-0.25, -0.2) is 0 Å². The van der Waals surface area contributed by atoms with E-state index in [0.717, 1.165) is 0 Å². The van der Waals surface area contributed by atoms with E-state index in [9.17, 15) is 10.1 Å². The summed E-state index contributed by atoms with van der Waals surface area (Å²) in [5.41, 5.74) is 0.891. The zero-order chi connectivity index (χ0) is 19.1. The van der Waals surface area contributed by atoms with Gasteiger partial charge in [0, 0.05) is 6.07 Å². The molecule has 0 aliphatic carbocycles. The summed E-state index contributed by atoms with van der Waals surface area (Å²) in [4.78, 5) is 12.8. The smallest absolute Gasteiger partial charge is 0.207 e. The van der Waals surface area contributed by atoms with E-state index in [2.05, 4.69) is 0 Å². The molecule has 0 aliphatic rings. The number of nitriles is 1. The first-order chi connectivity index (χ1) is 12.6. The predicted octanol–water partition coefficient (Wildman–Crippen LogP) is 3.51. The number of hydrogen-bond acceptors (Lipinski definition) is 6. The van der Waals surface area contributed by atoms with Gasteiger partial charge in [0.15, 0.2) is 11.5 Å². The first-order valence-electron chi connectivity index (χ1n) is 7.68. The van der Waals surface area contributed by atoms with Crippen LogP contribution in [0.2, 0.25) is 0 Å². The zero-order valence-electron chi connectivity index (χ0n) is 15.0. The van der Waals surface area contributed by atoms with Crippen LogP contribution in [0.3, 0.4) is 0 Å². The number of ketones is 1. The van der Waals surface area contributed by atoms with Crippen LogP contribution < -0.4 is 18.9 Å². The summed E-state index contributed by atoms with van der Waals surface area (Å²) in [5.74, 6) is 1.52. The van der Waals surface area contributed by atoms with E-state index >= 15 is 0 Å². The van der Waals surface area contributed by atoms with Gasteiger partial charge in [-0.05, 0) is 35.9 Å². The molecule has 26 heavy (non-hydrogen) atoms. The van der Waals surface area contributed by atoms with E-state index in [1.807, 2.05) is 6.07 Å². The van der Waals surface area contributed by atoms with Gasteiger partial charge in [-0.3, -0.25) is 4.79 Å². The lowest BCUT2D eigenvalue weighted by Crippen LogP contribution is -2.05. The minimum absolute atomic E-state index is 0.0271. The van der Waals surface area contributed by atoms with Crippen LogP contribution in [-0.2, 0) is 0 Å². The molecular weight excluding hydrogens is 334 g/mol. The molecule has 0 spiro atoms. The lowest BCUT2D eigenvalue weighted by Gasteiger charge is -2.10. The van der Waals surface area contributed by atoms with Crippen molar-refractivity contribution in [1.29, 1.82) is 5.26 Å². The molecular formula is C20H19NO5. The topological polar surface area (TPSA) is 77.8 Å². The predicted molar refractivity (Wildman–Crippen MR) is 97.0 cm³/mol. The first-order valence-corrected chi connectivity index (χ1v) is 7.68. The van der Waals surface area contributed by atoms with Gasteiger partial charge < -0.3 is 18.9 Å². The second-order valence-corrected chi connectivity index (χ2v) is 5.18. The lowest BCUT2D eigenvalue weighted by molar-refractivity contribution is 0.103. The molecule has 0 fully saturated rings. The molecule has 0 radical (unpaired) electrons. The summed E-state index contributed by atoms with van der Waals surface area (Å²) < 4.78 is 20.8. The minimum atomic E-state index is -0.443. The molecule has 2 rings (SSSR count). The third-order valence-corrected chi connectivity index (χ3v) is 3.74. The summed E-state index contributed by atoms with van der Waals surface area (Å²) in [6, 6.07) is 11.9. The van der Waals surface area contributed by atoms with E-state index in [0.29, 0.717) is 28.6 Å². The van der Waals surface area contributed by atoms with E-state index in [1.165, 1.54) is 34.5 Å². The van der Waals surface area contributed by atoms with Crippen molar-refractivity contribution < 1.29 is 23.7 Å². The largest absolute Gasteiger partial charge is 0.497 e. The second-order valence-electron chi connectivity index (χ2n) is 5.18. The summed E-state index contributed by atoms with van der Waals surface area (Å²) in [6.45, 7) is 0. The molecule has 0 amide bonds. The van der Waals surface area contributed by atoms with Crippen molar-refractivity contribution in [2.75, 3.05) is 28.4 Å². The van der Waals surface area contributed by atoms with Gasteiger partial charge >= 0.3 is 0 Å². The Morgan fingerprint density at radius 3 is 2.15 bits per heavy atom. The molecule has 134 valence electrons. The highest BCUT2D eigenvalue weighted by molar-refractivity contribution is 6.15. The third kappa shape index (κ3) is 3.95. The number of hydrogen-bond donors (Lipinski definition) is 0. The lowest BCUT2D eigenvalue weighted by atomic mass is 10.0. The Balaban J connectivity index is 2.44. The Bertz CT molecular complexity index is 880. The minimum Gasteiger partial charge on any atom is -0.497 e. The Kier molecular flexibility index (Phi) is 6.23. The number of carbonyl (C=O) groups is 1. The van der Waals surface area contributed by atoms with Crippen LogP contribution in [0, 0.1) is 11.3 Å². The monoisotopic (exact) mass is 353 g/mol. The fourth-order valence-corrected chi connectivity index (χ4v) is 2.39. The van der Waals surface area contributed by atoms with Crippen LogP contribution in [0.5, 0.6) is 23.0 Å². The second kappa shape index (κ2) is 8.58. The van der Waals surface area contributed by atoms with Gasteiger partial charge in [0.25, 0.3) is 0 Å². The summed E-state index contributed by atoms with van der Waals surface area (Å²) in [5, 5.41) is 9.45. The quantitative estimate of drug-likeness (QED) is 0.431. The van der Waals surface area contributed by atoms with E-state index in [-0.39, 0.29) is 11.1 Å². The number of rotatable bonds is 7. The number of allylic oxidation sites excluding steroid dienone is 1. The van der Waals surface area contributed by atoms with Crippen LogP contribution in [0.4, 0.5) is 0 Å². The van der Waals surface area contributed by atoms with E-state index < -0.39 is 5.78 Å².